The van der Waals surface area contributed by atoms with Crippen molar-refractivity contribution in [2.24, 2.45) is 0 Å². The molecule has 9 heteroatoms. The minimum Gasteiger partial charge on any atom is -0.497 e. The van der Waals surface area contributed by atoms with E-state index in [0.29, 0.717) is 29.2 Å². The van der Waals surface area contributed by atoms with Crippen molar-refractivity contribution in [2.75, 3.05) is 76.1 Å². The summed E-state index contributed by atoms with van der Waals surface area (Å²) >= 11 is 0. The summed E-state index contributed by atoms with van der Waals surface area (Å²) in [6.07, 6.45) is 0.865. The Kier molecular flexibility index (Phi) is 8.91. The molecule has 1 aliphatic rings. The van der Waals surface area contributed by atoms with Gasteiger partial charge in [-0.15, -0.1) is 0 Å². The molecule has 0 saturated carbocycles. The molecule has 1 saturated heterocycles. The maximum absolute atomic E-state index is 12.9. The molecule has 33 heavy (non-hydrogen) atoms. The lowest BCUT2D eigenvalue weighted by atomic mass is 10.1. The van der Waals surface area contributed by atoms with Crippen molar-refractivity contribution in [3.63, 3.8) is 0 Å². The van der Waals surface area contributed by atoms with Crippen LogP contribution in [0.2, 0.25) is 0 Å². The lowest BCUT2D eigenvalue weighted by molar-refractivity contribution is 0.0374. The van der Waals surface area contributed by atoms with Crippen molar-refractivity contribution in [2.45, 2.75) is 6.42 Å². The van der Waals surface area contributed by atoms with E-state index in [1.54, 1.807) is 43.5 Å². The summed E-state index contributed by atoms with van der Waals surface area (Å²) in [5.41, 5.74) is 2.42. The second-order valence-corrected chi connectivity index (χ2v) is 8.00. The summed E-state index contributed by atoms with van der Waals surface area (Å²) in [4.78, 5) is 29.6. The average Bonchev–Trinajstić information content (AvgIpc) is 2.82. The quantitative estimate of drug-likeness (QED) is 0.504. The highest BCUT2D eigenvalue weighted by Crippen LogP contribution is 2.23. The highest BCUT2D eigenvalue weighted by molar-refractivity contribution is 6.04. The molecule has 0 aliphatic carbocycles. The van der Waals surface area contributed by atoms with Crippen LogP contribution in [0.25, 0.3) is 0 Å². The number of rotatable bonds is 9. The van der Waals surface area contributed by atoms with Crippen LogP contribution in [0.1, 0.15) is 16.8 Å². The van der Waals surface area contributed by atoms with E-state index in [2.05, 4.69) is 20.9 Å². The predicted octanol–water partition coefficient (Wildman–Crippen LogP) is 2.86. The lowest BCUT2D eigenvalue weighted by Gasteiger charge is -2.26. The normalized spacial score (nSPS) is 13.8. The number of anilines is 3. The Hall–Kier alpha value is -3.30. The number of carbonyl (C=O) groups is 2. The SMILES string of the molecule is COc1cccc(NC(=O)Nc2ccc(N(C)C)c(C(=O)NCCCN3CCOCC3)c2)c1. The Morgan fingerprint density at radius 2 is 1.79 bits per heavy atom. The standard InChI is InChI=1S/C24H33N5O4/c1-28(2)22-9-8-19(27-24(31)26-18-6-4-7-20(16-18)32-3)17-21(22)23(30)25-10-5-11-29-12-14-33-15-13-29/h4,6-9,16-17H,5,10-15H2,1-3H3,(H,25,30)(H2,26,27,31). The van der Waals surface area contributed by atoms with Gasteiger partial charge in [-0.1, -0.05) is 6.07 Å². The van der Waals surface area contributed by atoms with Gasteiger partial charge >= 0.3 is 6.03 Å². The minimum absolute atomic E-state index is 0.169. The van der Waals surface area contributed by atoms with Crippen LogP contribution in [-0.2, 0) is 4.74 Å². The molecule has 9 nitrogen and oxygen atoms in total. The molecule has 0 aromatic heterocycles. The first-order valence-electron chi connectivity index (χ1n) is 11.1. The lowest BCUT2D eigenvalue weighted by Crippen LogP contribution is -2.38. The highest BCUT2D eigenvalue weighted by Gasteiger charge is 2.15. The molecule has 1 fully saturated rings. The van der Waals surface area contributed by atoms with Crippen LogP contribution in [0.5, 0.6) is 5.75 Å². The third-order valence-electron chi connectivity index (χ3n) is 5.35. The van der Waals surface area contributed by atoms with Gasteiger partial charge in [0.1, 0.15) is 5.75 Å². The molecular formula is C24H33N5O4. The number of hydrogen-bond donors (Lipinski definition) is 3. The zero-order valence-electron chi connectivity index (χ0n) is 19.5. The van der Waals surface area contributed by atoms with Crippen molar-refractivity contribution >= 4 is 29.0 Å². The van der Waals surface area contributed by atoms with E-state index in [0.717, 1.165) is 45.0 Å². The van der Waals surface area contributed by atoms with Crippen LogP contribution in [0.3, 0.4) is 0 Å². The summed E-state index contributed by atoms with van der Waals surface area (Å²) in [6.45, 7) is 4.91. The zero-order chi connectivity index (χ0) is 23.6. The summed E-state index contributed by atoms with van der Waals surface area (Å²) in [5, 5.41) is 8.56. The molecule has 1 heterocycles. The molecule has 0 atom stereocenters. The van der Waals surface area contributed by atoms with Gasteiger partial charge in [-0.25, -0.2) is 4.79 Å². The largest absolute Gasteiger partial charge is 0.497 e. The van der Waals surface area contributed by atoms with Crippen LogP contribution < -0.4 is 25.6 Å². The fourth-order valence-corrected chi connectivity index (χ4v) is 3.60. The van der Waals surface area contributed by atoms with Crippen LogP contribution >= 0.6 is 0 Å². The van der Waals surface area contributed by atoms with E-state index >= 15 is 0 Å². The van der Waals surface area contributed by atoms with Gasteiger partial charge in [0, 0.05) is 56.9 Å². The molecule has 0 radical (unpaired) electrons. The number of morpholine rings is 1. The number of nitrogens with zero attached hydrogens (tertiary/aromatic N) is 2. The summed E-state index contributed by atoms with van der Waals surface area (Å²) in [5.74, 6) is 0.480. The third kappa shape index (κ3) is 7.37. The van der Waals surface area contributed by atoms with Crippen LogP contribution in [0.4, 0.5) is 21.9 Å². The van der Waals surface area contributed by atoms with Crippen LogP contribution in [0.15, 0.2) is 42.5 Å². The first kappa shape index (κ1) is 24.3. The number of ether oxygens (including phenoxy) is 2. The van der Waals surface area contributed by atoms with E-state index in [9.17, 15) is 9.59 Å². The van der Waals surface area contributed by atoms with E-state index in [1.807, 2.05) is 25.1 Å². The maximum Gasteiger partial charge on any atom is 0.323 e. The number of methoxy groups -OCH3 is 1. The van der Waals surface area contributed by atoms with Crippen LogP contribution in [0, 0.1) is 0 Å². The summed E-state index contributed by atoms with van der Waals surface area (Å²) in [6, 6.07) is 12.0. The number of hydrogen-bond acceptors (Lipinski definition) is 6. The van der Waals surface area contributed by atoms with Crippen molar-refractivity contribution in [3.05, 3.63) is 48.0 Å². The Labute approximate surface area is 195 Å². The van der Waals surface area contributed by atoms with E-state index in [4.69, 9.17) is 9.47 Å². The van der Waals surface area contributed by atoms with Gasteiger partial charge < -0.3 is 30.3 Å². The van der Waals surface area contributed by atoms with Crippen molar-refractivity contribution in [3.8, 4) is 5.75 Å². The molecule has 1 aliphatic heterocycles. The number of nitrogens with one attached hydrogen (secondary N) is 3. The zero-order valence-corrected chi connectivity index (χ0v) is 19.5. The maximum atomic E-state index is 12.9. The minimum atomic E-state index is -0.405. The van der Waals surface area contributed by atoms with E-state index in [-0.39, 0.29) is 5.91 Å². The molecule has 0 unspecified atom stereocenters. The Morgan fingerprint density at radius 3 is 2.48 bits per heavy atom. The molecule has 3 rings (SSSR count). The molecular weight excluding hydrogens is 422 g/mol. The van der Waals surface area contributed by atoms with Crippen molar-refractivity contribution in [1.82, 2.24) is 10.2 Å². The van der Waals surface area contributed by atoms with Crippen molar-refractivity contribution in [1.29, 1.82) is 0 Å². The molecule has 0 bridgehead atoms. The van der Waals surface area contributed by atoms with Gasteiger partial charge in [0.15, 0.2) is 0 Å². The number of amides is 3. The van der Waals surface area contributed by atoms with Gasteiger partial charge in [-0.3, -0.25) is 9.69 Å². The Balaban J connectivity index is 1.59. The number of carbonyl (C=O) groups excluding carboxylic acids is 2. The molecule has 2 aromatic carbocycles. The fourth-order valence-electron chi connectivity index (χ4n) is 3.60. The predicted molar refractivity (Wildman–Crippen MR) is 131 cm³/mol. The summed E-state index contributed by atoms with van der Waals surface area (Å²) in [7, 11) is 5.33. The van der Waals surface area contributed by atoms with Gasteiger partial charge in [-0.2, -0.15) is 0 Å². The van der Waals surface area contributed by atoms with E-state index in [1.165, 1.54) is 0 Å². The average molecular weight is 456 g/mol. The molecule has 178 valence electrons. The Morgan fingerprint density at radius 1 is 1.06 bits per heavy atom. The Bertz CT molecular complexity index is 944. The monoisotopic (exact) mass is 455 g/mol. The smallest absolute Gasteiger partial charge is 0.323 e. The molecule has 2 aromatic rings. The van der Waals surface area contributed by atoms with E-state index < -0.39 is 6.03 Å². The summed E-state index contributed by atoms with van der Waals surface area (Å²) < 4.78 is 10.5. The molecule has 3 amide bonds. The number of urea groups is 1. The highest BCUT2D eigenvalue weighted by atomic mass is 16.5. The number of benzene rings is 2. The molecule has 0 spiro atoms. The van der Waals surface area contributed by atoms with Crippen LogP contribution in [-0.4, -0.2) is 77.4 Å². The third-order valence-corrected chi connectivity index (χ3v) is 5.35. The topological polar surface area (TPSA) is 95.2 Å². The first-order chi connectivity index (χ1) is 16.0. The van der Waals surface area contributed by atoms with Gasteiger partial charge in [0.05, 0.1) is 25.9 Å². The van der Waals surface area contributed by atoms with Gasteiger partial charge in [0.2, 0.25) is 0 Å². The second kappa shape index (κ2) is 12.1. The second-order valence-electron chi connectivity index (χ2n) is 8.00. The van der Waals surface area contributed by atoms with Gasteiger partial charge in [0.25, 0.3) is 5.91 Å². The van der Waals surface area contributed by atoms with Crippen molar-refractivity contribution < 1.29 is 19.1 Å². The van der Waals surface area contributed by atoms with Gasteiger partial charge in [-0.05, 0) is 43.3 Å². The first-order valence-corrected chi connectivity index (χ1v) is 11.1. The fraction of sp³-hybridized carbons (Fsp3) is 0.417. The molecule has 3 N–H and O–H groups in total.